The van der Waals surface area contributed by atoms with Gasteiger partial charge < -0.3 is 19.7 Å². The van der Waals surface area contributed by atoms with Gasteiger partial charge in [0.1, 0.15) is 6.10 Å². The van der Waals surface area contributed by atoms with Gasteiger partial charge in [-0.1, -0.05) is 0 Å². The highest BCUT2D eigenvalue weighted by atomic mass is 16.5. The van der Waals surface area contributed by atoms with Crippen LogP contribution in [-0.2, 0) is 0 Å². The number of nitrogens with zero attached hydrogens (tertiary/aromatic N) is 4. The van der Waals surface area contributed by atoms with E-state index in [-0.39, 0.29) is 6.10 Å². The van der Waals surface area contributed by atoms with E-state index in [1.807, 2.05) is 13.8 Å². The van der Waals surface area contributed by atoms with Crippen molar-refractivity contribution < 1.29 is 9.47 Å². The molecule has 1 aliphatic rings. The Labute approximate surface area is 119 Å². The van der Waals surface area contributed by atoms with Crippen LogP contribution in [0, 0.1) is 0 Å². The lowest BCUT2D eigenvalue weighted by atomic mass is 10.1. The number of anilines is 1. The zero-order valence-electron chi connectivity index (χ0n) is 12.4. The van der Waals surface area contributed by atoms with Crippen LogP contribution < -0.4 is 14.8 Å². The highest BCUT2D eigenvalue weighted by Crippen LogP contribution is 2.18. The molecule has 20 heavy (non-hydrogen) atoms. The van der Waals surface area contributed by atoms with Gasteiger partial charge in [-0.2, -0.15) is 9.97 Å². The van der Waals surface area contributed by atoms with E-state index in [0.717, 1.165) is 32.5 Å². The van der Waals surface area contributed by atoms with Crippen LogP contribution in [0.25, 0.3) is 0 Å². The molecule has 0 aliphatic carbocycles. The van der Waals surface area contributed by atoms with E-state index in [4.69, 9.17) is 9.47 Å². The molecule has 7 heteroatoms. The molecule has 0 aromatic carbocycles. The SMILES string of the molecule is CCNc1nc(OCC)nc(OC2CCN(C)CC2)n1. The highest BCUT2D eigenvalue weighted by Gasteiger charge is 2.20. The first-order valence-electron chi connectivity index (χ1n) is 7.19. The van der Waals surface area contributed by atoms with Crippen molar-refractivity contribution in [3.63, 3.8) is 0 Å². The van der Waals surface area contributed by atoms with Gasteiger partial charge in [0, 0.05) is 19.6 Å². The van der Waals surface area contributed by atoms with E-state index >= 15 is 0 Å². The number of rotatable bonds is 6. The van der Waals surface area contributed by atoms with Crippen molar-refractivity contribution in [3.8, 4) is 12.0 Å². The molecule has 0 amide bonds. The number of aromatic nitrogens is 3. The molecule has 1 aromatic rings. The molecule has 112 valence electrons. The first kappa shape index (κ1) is 14.8. The molecule has 0 bridgehead atoms. The molecule has 7 nitrogen and oxygen atoms in total. The summed E-state index contributed by atoms with van der Waals surface area (Å²) in [6.07, 6.45) is 2.14. The van der Waals surface area contributed by atoms with Crippen LogP contribution >= 0.6 is 0 Å². The Morgan fingerprint density at radius 2 is 1.85 bits per heavy atom. The summed E-state index contributed by atoms with van der Waals surface area (Å²) >= 11 is 0. The molecule has 0 unspecified atom stereocenters. The molecule has 1 aromatic heterocycles. The van der Waals surface area contributed by atoms with Crippen LogP contribution in [0.5, 0.6) is 12.0 Å². The molecule has 1 aliphatic heterocycles. The maximum Gasteiger partial charge on any atom is 0.324 e. The number of hydrogen-bond donors (Lipinski definition) is 1. The number of likely N-dealkylation sites (tertiary alicyclic amines) is 1. The average Bonchev–Trinajstić information content (AvgIpc) is 2.42. The van der Waals surface area contributed by atoms with Crippen LogP contribution in [0.1, 0.15) is 26.7 Å². The Morgan fingerprint density at radius 3 is 2.50 bits per heavy atom. The van der Waals surface area contributed by atoms with Crippen molar-refractivity contribution in [1.82, 2.24) is 19.9 Å². The maximum absolute atomic E-state index is 5.87. The molecule has 0 atom stereocenters. The Hall–Kier alpha value is -1.63. The van der Waals surface area contributed by atoms with Crippen LogP contribution in [0.4, 0.5) is 5.95 Å². The third kappa shape index (κ3) is 4.19. The molecule has 2 rings (SSSR count). The molecule has 0 saturated carbocycles. The molecule has 0 radical (unpaired) electrons. The van der Waals surface area contributed by atoms with Crippen LogP contribution in [0.15, 0.2) is 0 Å². The normalized spacial score (nSPS) is 16.9. The average molecular weight is 281 g/mol. The Balaban J connectivity index is 2.05. The van der Waals surface area contributed by atoms with Crippen molar-refractivity contribution in [2.24, 2.45) is 0 Å². The van der Waals surface area contributed by atoms with E-state index < -0.39 is 0 Å². The first-order valence-corrected chi connectivity index (χ1v) is 7.19. The zero-order valence-corrected chi connectivity index (χ0v) is 12.4. The van der Waals surface area contributed by atoms with Gasteiger partial charge in [-0.05, 0) is 33.7 Å². The van der Waals surface area contributed by atoms with Crippen LogP contribution in [0.2, 0.25) is 0 Å². The summed E-state index contributed by atoms with van der Waals surface area (Å²) in [5, 5.41) is 3.06. The minimum Gasteiger partial charge on any atom is -0.464 e. The van der Waals surface area contributed by atoms with Gasteiger partial charge in [-0.15, -0.1) is 4.98 Å². The summed E-state index contributed by atoms with van der Waals surface area (Å²) in [5.74, 6) is 0.494. The van der Waals surface area contributed by atoms with E-state index in [1.165, 1.54) is 0 Å². The van der Waals surface area contributed by atoms with Crippen molar-refractivity contribution in [1.29, 1.82) is 0 Å². The Kier molecular flexibility index (Phi) is 5.34. The van der Waals surface area contributed by atoms with Gasteiger partial charge in [-0.3, -0.25) is 0 Å². The third-order valence-electron chi connectivity index (χ3n) is 3.14. The lowest BCUT2D eigenvalue weighted by molar-refractivity contribution is 0.104. The summed E-state index contributed by atoms with van der Waals surface area (Å²) in [4.78, 5) is 14.9. The lowest BCUT2D eigenvalue weighted by Gasteiger charge is -2.28. The second kappa shape index (κ2) is 7.23. The van der Waals surface area contributed by atoms with Gasteiger partial charge in [0.15, 0.2) is 0 Å². The van der Waals surface area contributed by atoms with Crippen molar-refractivity contribution in [3.05, 3.63) is 0 Å². The molecular formula is C13H23N5O2. The van der Waals surface area contributed by atoms with Gasteiger partial charge in [-0.25, -0.2) is 0 Å². The molecule has 0 spiro atoms. The smallest absolute Gasteiger partial charge is 0.324 e. The minimum atomic E-state index is 0.164. The fourth-order valence-corrected chi connectivity index (χ4v) is 2.07. The third-order valence-corrected chi connectivity index (χ3v) is 3.14. The van der Waals surface area contributed by atoms with E-state index in [2.05, 4.69) is 32.2 Å². The van der Waals surface area contributed by atoms with E-state index in [0.29, 0.717) is 24.6 Å². The van der Waals surface area contributed by atoms with Crippen LogP contribution in [-0.4, -0.2) is 59.2 Å². The Bertz CT molecular complexity index is 397. The van der Waals surface area contributed by atoms with Gasteiger partial charge in [0.25, 0.3) is 0 Å². The fourth-order valence-electron chi connectivity index (χ4n) is 2.07. The second-order valence-corrected chi connectivity index (χ2v) is 4.81. The second-order valence-electron chi connectivity index (χ2n) is 4.81. The standard InChI is InChI=1S/C13H23N5O2/c1-4-14-11-15-12(19-5-2)17-13(16-11)20-10-6-8-18(3)9-7-10/h10H,4-9H2,1-3H3,(H,14,15,16,17). The van der Waals surface area contributed by atoms with Crippen molar-refractivity contribution in [2.45, 2.75) is 32.8 Å². The Morgan fingerprint density at radius 1 is 1.15 bits per heavy atom. The van der Waals surface area contributed by atoms with Crippen LogP contribution in [0.3, 0.4) is 0 Å². The first-order chi connectivity index (χ1) is 9.71. The molecule has 1 N–H and O–H groups in total. The number of ether oxygens (including phenoxy) is 2. The van der Waals surface area contributed by atoms with Crippen molar-refractivity contribution >= 4 is 5.95 Å². The molecule has 2 heterocycles. The van der Waals surface area contributed by atoms with Gasteiger partial charge in [0.2, 0.25) is 5.95 Å². The predicted molar refractivity (Wildman–Crippen MR) is 76.3 cm³/mol. The molecule has 1 saturated heterocycles. The summed E-state index contributed by atoms with van der Waals surface area (Å²) in [6.45, 7) is 7.21. The zero-order chi connectivity index (χ0) is 14.4. The molecular weight excluding hydrogens is 258 g/mol. The van der Waals surface area contributed by atoms with Crippen molar-refractivity contribution in [2.75, 3.05) is 38.6 Å². The predicted octanol–water partition coefficient (Wildman–Crippen LogP) is 1.18. The fraction of sp³-hybridized carbons (Fsp3) is 0.769. The highest BCUT2D eigenvalue weighted by molar-refractivity contribution is 5.27. The van der Waals surface area contributed by atoms with E-state index in [1.54, 1.807) is 0 Å². The summed E-state index contributed by atoms with van der Waals surface area (Å²) < 4.78 is 11.2. The quantitative estimate of drug-likeness (QED) is 0.839. The maximum atomic E-state index is 5.87. The summed E-state index contributed by atoms with van der Waals surface area (Å²) in [6, 6.07) is 0.648. The topological polar surface area (TPSA) is 72.4 Å². The van der Waals surface area contributed by atoms with E-state index in [9.17, 15) is 0 Å². The number of nitrogens with one attached hydrogen (secondary N) is 1. The number of piperidine rings is 1. The summed E-state index contributed by atoms with van der Waals surface area (Å²) in [7, 11) is 2.12. The molecule has 1 fully saturated rings. The number of hydrogen-bond acceptors (Lipinski definition) is 7. The van der Waals surface area contributed by atoms with Gasteiger partial charge >= 0.3 is 12.0 Å². The lowest BCUT2D eigenvalue weighted by Crippen LogP contribution is -2.36. The monoisotopic (exact) mass is 281 g/mol. The summed E-state index contributed by atoms with van der Waals surface area (Å²) in [5.41, 5.74) is 0. The largest absolute Gasteiger partial charge is 0.464 e. The van der Waals surface area contributed by atoms with Gasteiger partial charge in [0.05, 0.1) is 6.61 Å². The minimum absolute atomic E-state index is 0.164.